The number of methoxy groups -OCH3 is 1. The second-order valence-electron chi connectivity index (χ2n) is 7.44. The molecule has 1 N–H and O–H groups in total. The highest BCUT2D eigenvalue weighted by Gasteiger charge is 2.29. The first-order valence-corrected chi connectivity index (χ1v) is 9.72. The zero-order chi connectivity index (χ0) is 22.3. The van der Waals surface area contributed by atoms with E-state index in [2.05, 4.69) is 10.1 Å². The van der Waals surface area contributed by atoms with Crippen molar-refractivity contribution in [3.63, 3.8) is 0 Å². The van der Waals surface area contributed by atoms with Gasteiger partial charge in [-0.05, 0) is 43.5 Å². The topological polar surface area (TPSA) is 86.5 Å². The van der Waals surface area contributed by atoms with Gasteiger partial charge in [0.25, 0.3) is 0 Å². The van der Waals surface area contributed by atoms with Gasteiger partial charge in [0, 0.05) is 29.5 Å². The SMILES string of the molecule is COc1ncc(C)c(-c2cc(F)c(-c3c(C(=O)O)cnn3[C@H]3CCOC3)cc2F)c1C. The van der Waals surface area contributed by atoms with Gasteiger partial charge in [0.15, 0.2) is 0 Å². The van der Waals surface area contributed by atoms with Gasteiger partial charge in [-0.25, -0.2) is 18.6 Å². The number of hydrogen-bond acceptors (Lipinski definition) is 5. The molecule has 1 atom stereocenters. The fraction of sp³-hybridized carbons (Fsp3) is 0.318. The summed E-state index contributed by atoms with van der Waals surface area (Å²) >= 11 is 0. The molecule has 7 nitrogen and oxygen atoms in total. The molecule has 3 aromatic rings. The maximum absolute atomic E-state index is 15.4. The van der Waals surface area contributed by atoms with Crippen molar-refractivity contribution in [1.29, 1.82) is 0 Å². The summed E-state index contributed by atoms with van der Waals surface area (Å²) in [4.78, 5) is 15.9. The van der Waals surface area contributed by atoms with Gasteiger partial charge in [-0.1, -0.05) is 0 Å². The largest absolute Gasteiger partial charge is 0.481 e. The van der Waals surface area contributed by atoms with Gasteiger partial charge in [0.1, 0.15) is 17.2 Å². The highest BCUT2D eigenvalue weighted by molar-refractivity contribution is 5.95. The molecule has 4 rings (SSSR count). The molecule has 2 aromatic heterocycles. The number of rotatable bonds is 5. The van der Waals surface area contributed by atoms with E-state index in [9.17, 15) is 9.90 Å². The molecule has 0 unspecified atom stereocenters. The molecule has 0 bridgehead atoms. The van der Waals surface area contributed by atoms with E-state index < -0.39 is 17.6 Å². The number of pyridine rings is 1. The first-order chi connectivity index (χ1) is 14.8. The molecular formula is C22H21F2N3O4. The van der Waals surface area contributed by atoms with Crippen molar-refractivity contribution in [2.45, 2.75) is 26.3 Å². The Balaban J connectivity index is 1.91. The van der Waals surface area contributed by atoms with Crippen molar-refractivity contribution in [3.05, 3.63) is 52.9 Å². The lowest BCUT2D eigenvalue weighted by Gasteiger charge is -2.17. The number of aromatic carboxylic acids is 1. The van der Waals surface area contributed by atoms with Crippen LogP contribution < -0.4 is 4.74 Å². The summed E-state index contributed by atoms with van der Waals surface area (Å²) in [5, 5.41) is 13.7. The summed E-state index contributed by atoms with van der Waals surface area (Å²) in [5.41, 5.74) is 1.41. The number of benzene rings is 1. The van der Waals surface area contributed by atoms with Crippen LogP contribution >= 0.6 is 0 Å². The Hall–Kier alpha value is -3.33. The number of hydrogen-bond donors (Lipinski definition) is 1. The number of ether oxygens (including phenoxy) is 2. The van der Waals surface area contributed by atoms with E-state index in [-0.39, 0.29) is 28.4 Å². The minimum Gasteiger partial charge on any atom is -0.481 e. The van der Waals surface area contributed by atoms with Crippen LogP contribution in [0, 0.1) is 25.5 Å². The number of carboxylic acid groups (broad SMARTS) is 1. The molecule has 162 valence electrons. The Morgan fingerprint density at radius 3 is 2.58 bits per heavy atom. The number of halogens is 2. The maximum Gasteiger partial charge on any atom is 0.339 e. The standard InChI is InChI=1S/C22H21F2N3O4/c1-11-8-25-21(30-3)12(2)19(11)14-6-18(24)15(7-17(14)23)20-16(22(28)29)9-26-27(20)13-4-5-31-10-13/h6-9,13H,4-5,10H2,1-3H3,(H,28,29)/t13-/m0/s1. The summed E-state index contributed by atoms with van der Waals surface area (Å²) in [6.45, 7) is 4.28. The first kappa shape index (κ1) is 20.9. The molecule has 1 aliphatic heterocycles. The number of nitrogens with zero attached hydrogens (tertiary/aromatic N) is 3. The molecule has 0 aliphatic carbocycles. The zero-order valence-corrected chi connectivity index (χ0v) is 17.3. The number of carbonyl (C=O) groups is 1. The lowest BCUT2D eigenvalue weighted by atomic mass is 9.94. The van der Waals surface area contributed by atoms with E-state index in [1.54, 1.807) is 13.8 Å². The predicted octanol–water partition coefficient (Wildman–Crippen LogP) is 4.18. The number of aromatic nitrogens is 3. The molecule has 9 heteroatoms. The van der Waals surface area contributed by atoms with Gasteiger partial charge in [0.05, 0.1) is 31.6 Å². The Morgan fingerprint density at radius 1 is 1.23 bits per heavy atom. The molecule has 3 heterocycles. The van der Waals surface area contributed by atoms with Crippen molar-refractivity contribution >= 4 is 5.97 Å². The third-order valence-electron chi connectivity index (χ3n) is 5.52. The van der Waals surface area contributed by atoms with E-state index in [1.165, 1.54) is 18.0 Å². The van der Waals surface area contributed by atoms with Crippen LogP contribution in [0.15, 0.2) is 24.5 Å². The van der Waals surface area contributed by atoms with Crippen LogP contribution in [0.1, 0.15) is 33.9 Å². The number of carboxylic acids is 1. The molecule has 31 heavy (non-hydrogen) atoms. The molecule has 1 aromatic carbocycles. The van der Waals surface area contributed by atoms with Gasteiger partial charge in [0.2, 0.25) is 5.88 Å². The van der Waals surface area contributed by atoms with Crippen molar-refractivity contribution < 1.29 is 28.2 Å². The smallest absolute Gasteiger partial charge is 0.339 e. The van der Waals surface area contributed by atoms with Gasteiger partial charge in [-0.3, -0.25) is 4.68 Å². The lowest BCUT2D eigenvalue weighted by Crippen LogP contribution is -2.13. The molecule has 0 spiro atoms. The minimum absolute atomic E-state index is 0.0201. The molecular weight excluding hydrogens is 408 g/mol. The van der Waals surface area contributed by atoms with Crippen LogP contribution in [0.25, 0.3) is 22.4 Å². The third kappa shape index (κ3) is 3.54. The van der Waals surface area contributed by atoms with Crippen LogP contribution in [-0.2, 0) is 4.74 Å². The van der Waals surface area contributed by atoms with Crippen LogP contribution in [0.4, 0.5) is 8.78 Å². The highest BCUT2D eigenvalue weighted by atomic mass is 19.1. The van der Waals surface area contributed by atoms with Crippen molar-refractivity contribution in [3.8, 4) is 28.3 Å². The zero-order valence-electron chi connectivity index (χ0n) is 17.3. The quantitative estimate of drug-likeness (QED) is 0.655. The maximum atomic E-state index is 15.4. The molecule has 0 amide bonds. The van der Waals surface area contributed by atoms with E-state index in [0.717, 1.165) is 18.3 Å². The second kappa shape index (κ2) is 8.07. The molecule has 1 fully saturated rings. The van der Waals surface area contributed by atoms with Gasteiger partial charge >= 0.3 is 5.97 Å². The van der Waals surface area contributed by atoms with E-state index >= 15 is 8.78 Å². The van der Waals surface area contributed by atoms with Gasteiger partial charge in [-0.15, -0.1) is 0 Å². The summed E-state index contributed by atoms with van der Waals surface area (Å²) in [7, 11) is 1.45. The molecule has 0 saturated carbocycles. The predicted molar refractivity (Wildman–Crippen MR) is 108 cm³/mol. The average molecular weight is 429 g/mol. The Kier molecular flexibility index (Phi) is 5.45. The van der Waals surface area contributed by atoms with E-state index in [4.69, 9.17) is 9.47 Å². The number of aryl methyl sites for hydroxylation is 1. The Labute approximate surface area is 177 Å². The monoisotopic (exact) mass is 429 g/mol. The van der Waals surface area contributed by atoms with Crippen molar-refractivity contribution in [2.75, 3.05) is 20.3 Å². The molecule has 1 saturated heterocycles. The summed E-state index contributed by atoms with van der Waals surface area (Å²) in [6.07, 6.45) is 3.29. The van der Waals surface area contributed by atoms with Crippen LogP contribution in [0.2, 0.25) is 0 Å². The highest BCUT2D eigenvalue weighted by Crippen LogP contribution is 2.38. The Morgan fingerprint density at radius 2 is 1.94 bits per heavy atom. The van der Waals surface area contributed by atoms with Gasteiger partial charge in [-0.2, -0.15) is 5.10 Å². The second-order valence-corrected chi connectivity index (χ2v) is 7.44. The molecule has 0 radical (unpaired) electrons. The fourth-order valence-electron chi connectivity index (χ4n) is 4.04. The van der Waals surface area contributed by atoms with Crippen LogP contribution in [-0.4, -0.2) is 46.2 Å². The normalized spacial score (nSPS) is 16.0. The lowest BCUT2D eigenvalue weighted by molar-refractivity contribution is 0.0697. The van der Waals surface area contributed by atoms with Crippen LogP contribution in [0.5, 0.6) is 5.88 Å². The summed E-state index contributed by atoms with van der Waals surface area (Å²) in [5.74, 6) is -2.40. The van der Waals surface area contributed by atoms with E-state index in [0.29, 0.717) is 42.2 Å². The third-order valence-corrected chi connectivity index (χ3v) is 5.52. The Bertz CT molecular complexity index is 1170. The average Bonchev–Trinajstić information content (AvgIpc) is 3.40. The summed E-state index contributed by atoms with van der Waals surface area (Å²) < 4.78 is 42.7. The van der Waals surface area contributed by atoms with E-state index in [1.807, 2.05) is 0 Å². The van der Waals surface area contributed by atoms with Crippen molar-refractivity contribution in [1.82, 2.24) is 14.8 Å². The minimum atomic E-state index is -1.27. The van der Waals surface area contributed by atoms with Crippen molar-refractivity contribution in [2.24, 2.45) is 0 Å². The fourth-order valence-corrected chi connectivity index (χ4v) is 4.04. The van der Waals surface area contributed by atoms with Gasteiger partial charge < -0.3 is 14.6 Å². The summed E-state index contributed by atoms with van der Waals surface area (Å²) in [6, 6.07) is 1.85. The van der Waals surface area contributed by atoms with Crippen LogP contribution in [0.3, 0.4) is 0 Å². The molecule has 1 aliphatic rings. The first-order valence-electron chi connectivity index (χ1n) is 9.72.